The predicted molar refractivity (Wildman–Crippen MR) is 81.9 cm³/mol. The Morgan fingerprint density at radius 3 is 2.05 bits per heavy atom. The number of benzene rings is 1. The summed E-state index contributed by atoms with van der Waals surface area (Å²) in [5.74, 6) is 0.682. The van der Waals surface area contributed by atoms with Crippen molar-refractivity contribution in [3.8, 4) is 0 Å². The monoisotopic (exact) mass is 274 g/mol. The Labute approximate surface area is 122 Å². The van der Waals surface area contributed by atoms with Crippen LogP contribution < -0.4 is 0 Å². The van der Waals surface area contributed by atoms with Crippen LogP contribution in [0, 0.1) is 5.92 Å². The Morgan fingerprint density at radius 1 is 1.05 bits per heavy atom. The largest absolute Gasteiger partial charge is 0.469 e. The van der Waals surface area contributed by atoms with Gasteiger partial charge < -0.3 is 4.74 Å². The molecule has 1 fully saturated rings. The highest BCUT2D eigenvalue weighted by Crippen LogP contribution is 2.36. The number of carbonyl (C=O) groups is 1. The Balaban J connectivity index is 1.99. The minimum atomic E-state index is -0.0356. The summed E-state index contributed by atoms with van der Waals surface area (Å²) < 4.78 is 4.84. The zero-order valence-corrected chi connectivity index (χ0v) is 13.1. The van der Waals surface area contributed by atoms with E-state index in [4.69, 9.17) is 4.74 Å². The number of hydrogen-bond acceptors (Lipinski definition) is 2. The molecule has 0 unspecified atom stereocenters. The van der Waals surface area contributed by atoms with Gasteiger partial charge in [-0.1, -0.05) is 45.0 Å². The summed E-state index contributed by atoms with van der Waals surface area (Å²) in [4.78, 5) is 11.5. The summed E-state index contributed by atoms with van der Waals surface area (Å²) in [6.45, 7) is 6.72. The number of rotatable bonds is 2. The van der Waals surface area contributed by atoms with Gasteiger partial charge in [-0.05, 0) is 48.1 Å². The van der Waals surface area contributed by atoms with Crippen LogP contribution in [0.1, 0.15) is 63.5 Å². The van der Waals surface area contributed by atoms with Crippen LogP contribution >= 0.6 is 0 Å². The molecule has 0 N–H and O–H groups in total. The van der Waals surface area contributed by atoms with Gasteiger partial charge in [0.05, 0.1) is 13.0 Å². The van der Waals surface area contributed by atoms with Crippen LogP contribution in [-0.4, -0.2) is 13.1 Å². The Hall–Kier alpha value is -1.31. The van der Waals surface area contributed by atoms with Gasteiger partial charge in [-0.2, -0.15) is 0 Å². The molecule has 2 nitrogen and oxygen atoms in total. The van der Waals surface area contributed by atoms with Gasteiger partial charge in [-0.3, -0.25) is 4.79 Å². The van der Waals surface area contributed by atoms with Crippen LogP contribution in [0.5, 0.6) is 0 Å². The molecule has 1 aromatic carbocycles. The lowest BCUT2D eigenvalue weighted by molar-refractivity contribution is -0.146. The molecule has 2 rings (SSSR count). The summed E-state index contributed by atoms with van der Waals surface area (Å²) in [6, 6.07) is 9.04. The van der Waals surface area contributed by atoms with E-state index in [1.54, 1.807) is 0 Å². The fourth-order valence-corrected chi connectivity index (χ4v) is 3.08. The molecule has 0 saturated heterocycles. The molecule has 0 radical (unpaired) electrons. The van der Waals surface area contributed by atoms with Crippen LogP contribution in [0.15, 0.2) is 24.3 Å². The maximum Gasteiger partial charge on any atom is 0.308 e. The number of esters is 1. The molecule has 1 aliphatic carbocycles. The van der Waals surface area contributed by atoms with Crippen LogP contribution in [0.4, 0.5) is 0 Å². The third-order valence-electron chi connectivity index (χ3n) is 4.51. The summed E-state index contributed by atoms with van der Waals surface area (Å²) in [7, 11) is 1.49. The SMILES string of the molecule is COC(=O)C1CCC(c2ccc(C(C)(C)C)cc2)CC1. The average molecular weight is 274 g/mol. The number of hydrogen-bond donors (Lipinski definition) is 0. The first-order valence-electron chi connectivity index (χ1n) is 7.60. The van der Waals surface area contributed by atoms with E-state index in [1.807, 2.05) is 0 Å². The molecular formula is C18H26O2. The van der Waals surface area contributed by atoms with E-state index in [0.29, 0.717) is 5.92 Å². The lowest BCUT2D eigenvalue weighted by Crippen LogP contribution is -2.22. The fraction of sp³-hybridized carbons (Fsp3) is 0.611. The first-order valence-corrected chi connectivity index (χ1v) is 7.60. The molecule has 0 heterocycles. The van der Waals surface area contributed by atoms with Gasteiger partial charge in [0.25, 0.3) is 0 Å². The van der Waals surface area contributed by atoms with E-state index < -0.39 is 0 Å². The second kappa shape index (κ2) is 5.99. The number of methoxy groups -OCH3 is 1. The molecule has 2 heteroatoms. The quantitative estimate of drug-likeness (QED) is 0.746. The number of carbonyl (C=O) groups excluding carboxylic acids is 1. The Bertz CT molecular complexity index is 445. The van der Waals surface area contributed by atoms with Gasteiger partial charge in [0.2, 0.25) is 0 Å². The van der Waals surface area contributed by atoms with Crippen LogP contribution in [0.2, 0.25) is 0 Å². The molecule has 0 atom stereocenters. The fourth-order valence-electron chi connectivity index (χ4n) is 3.08. The van der Waals surface area contributed by atoms with Gasteiger partial charge in [-0.25, -0.2) is 0 Å². The second-order valence-corrected chi connectivity index (χ2v) is 6.94. The third kappa shape index (κ3) is 3.41. The van der Waals surface area contributed by atoms with Crippen LogP contribution in [0.3, 0.4) is 0 Å². The van der Waals surface area contributed by atoms with Crippen molar-refractivity contribution in [2.75, 3.05) is 7.11 Å². The lowest BCUT2D eigenvalue weighted by Gasteiger charge is -2.28. The molecule has 0 spiro atoms. The van der Waals surface area contributed by atoms with Crippen LogP contribution in [0.25, 0.3) is 0 Å². The van der Waals surface area contributed by atoms with Crippen molar-refractivity contribution in [2.45, 2.75) is 57.8 Å². The predicted octanol–water partition coefficient (Wildman–Crippen LogP) is 4.43. The normalized spacial score (nSPS) is 23.4. The summed E-state index contributed by atoms with van der Waals surface area (Å²) in [5.41, 5.74) is 3.01. The van der Waals surface area contributed by atoms with E-state index in [0.717, 1.165) is 25.7 Å². The van der Waals surface area contributed by atoms with E-state index >= 15 is 0 Å². The second-order valence-electron chi connectivity index (χ2n) is 6.94. The van der Waals surface area contributed by atoms with Crippen LogP contribution in [-0.2, 0) is 14.9 Å². The molecule has 1 aromatic rings. The van der Waals surface area contributed by atoms with Crippen molar-refractivity contribution >= 4 is 5.97 Å². The molecule has 1 saturated carbocycles. The lowest BCUT2D eigenvalue weighted by atomic mass is 9.78. The zero-order valence-electron chi connectivity index (χ0n) is 13.1. The summed E-state index contributed by atoms with van der Waals surface area (Å²) in [5, 5.41) is 0. The first-order chi connectivity index (χ1) is 9.41. The van der Waals surface area contributed by atoms with Crippen molar-refractivity contribution in [3.05, 3.63) is 35.4 Å². The highest BCUT2D eigenvalue weighted by atomic mass is 16.5. The highest BCUT2D eigenvalue weighted by Gasteiger charge is 2.27. The summed E-state index contributed by atoms with van der Waals surface area (Å²) >= 11 is 0. The summed E-state index contributed by atoms with van der Waals surface area (Å²) in [6.07, 6.45) is 4.10. The smallest absolute Gasteiger partial charge is 0.308 e. The maximum absolute atomic E-state index is 11.5. The minimum absolute atomic E-state index is 0.0356. The van der Waals surface area contributed by atoms with Crippen molar-refractivity contribution in [3.63, 3.8) is 0 Å². The van der Waals surface area contributed by atoms with Gasteiger partial charge >= 0.3 is 5.97 Å². The van der Waals surface area contributed by atoms with Gasteiger partial charge in [0.1, 0.15) is 0 Å². The molecule has 110 valence electrons. The van der Waals surface area contributed by atoms with Gasteiger partial charge in [0.15, 0.2) is 0 Å². The highest BCUT2D eigenvalue weighted by molar-refractivity contribution is 5.72. The van der Waals surface area contributed by atoms with Crippen molar-refractivity contribution in [1.29, 1.82) is 0 Å². The van der Waals surface area contributed by atoms with E-state index in [1.165, 1.54) is 18.2 Å². The maximum atomic E-state index is 11.5. The Morgan fingerprint density at radius 2 is 1.60 bits per heavy atom. The first kappa shape index (κ1) is 15.1. The minimum Gasteiger partial charge on any atom is -0.469 e. The van der Waals surface area contributed by atoms with Gasteiger partial charge in [0, 0.05) is 0 Å². The Kier molecular flexibility index (Phi) is 4.52. The molecule has 0 amide bonds. The third-order valence-corrected chi connectivity index (χ3v) is 4.51. The van der Waals surface area contributed by atoms with E-state index in [2.05, 4.69) is 45.0 Å². The van der Waals surface area contributed by atoms with E-state index in [9.17, 15) is 4.79 Å². The number of ether oxygens (including phenoxy) is 1. The van der Waals surface area contributed by atoms with Gasteiger partial charge in [-0.15, -0.1) is 0 Å². The molecule has 0 bridgehead atoms. The van der Waals surface area contributed by atoms with Crippen molar-refractivity contribution in [2.24, 2.45) is 5.92 Å². The van der Waals surface area contributed by atoms with Crippen molar-refractivity contribution < 1.29 is 9.53 Å². The zero-order chi connectivity index (χ0) is 14.8. The molecule has 0 aromatic heterocycles. The molecular weight excluding hydrogens is 248 g/mol. The topological polar surface area (TPSA) is 26.3 Å². The van der Waals surface area contributed by atoms with E-state index in [-0.39, 0.29) is 17.3 Å². The molecule has 1 aliphatic rings. The van der Waals surface area contributed by atoms with Crippen molar-refractivity contribution in [1.82, 2.24) is 0 Å². The standard InChI is InChI=1S/C18H26O2/c1-18(2,3)16-11-9-14(10-12-16)13-5-7-15(8-6-13)17(19)20-4/h9-13,15H,5-8H2,1-4H3. The average Bonchev–Trinajstić information content (AvgIpc) is 2.46. The molecule has 20 heavy (non-hydrogen) atoms. The molecule has 0 aliphatic heterocycles.